The SMILES string of the molecule is O=S(=O)(NCCc1cn2cc(Cl)ccc2n1)c1cccs1. The van der Waals surface area contributed by atoms with E-state index in [1.54, 1.807) is 29.8 Å². The van der Waals surface area contributed by atoms with Crippen LogP contribution in [0.15, 0.2) is 46.2 Å². The second-order valence-electron chi connectivity index (χ2n) is 4.42. The van der Waals surface area contributed by atoms with Gasteiger partial charge >= 0.3 is 0 Å². The van der Waals surface area contributed by atoms with Gasteiger partial charge in [0.05, 0.1) is 10.7 Å². The summed E-state index contributed by atoms with van der Waals surface area (Å²) in [4.78, 5) is 4.41. The van der Waals surface area contributed by atoms with E-state index >= 15 is 0 Å². The molecule has 0 unspecified atom stereocenters. The minimum absolute atomic E-state index is 0.303. The maximum atomic E-state index is 12.0. The highest BCUT2D eigenvalue weighted by atomic mass is 35.5. The van der Waals surface area contributed by atoms with E-state index in [-0.39, 0.29) is 0 Å². The van der Waals surface area contributed by atoms with E-state index in [2.05, 4.69) is 9.71 Å². The van der Waals surface area contributed by atoms with Gasteiger partial charge in [0.2, 0.25) is 10.0 Å². The Balaban J connectivity index is 1.67. The average molecular weight is 342 g/mol. The Morgan fingerprint density at radius 1 is 1.29 bits per heavy atom. The van der Waals surface area contributed by atoms with Crippen LogP contribution in [0.3, 0.4) is 0 Å². The fourth-order valence-electron chi connectivity index (χ4n) is 1.94. The van der Waals surface area contributed by atoms with E-state index < -0.39 is 10.0 Å². The van der Waals surface area contributed by atoms with Crippen molar-refractivity contribution in [2.75, 3.05) is 6.54 Å². The molecular weight excluding hydrogens is 330 g/mol. The van der Waals surface area contributed by atoms with Crippen LogP contribution in [0.25, 0.3) is 5.65 Å². The van der Waals surface area contributed by atoms with Crippen LogP contribution in [-0.2, 0) is 16.4 Å². The van der Waals surface area contributed by atoms with Gasteiger partial charge in [0.15, 0.2) is 0 Å². The first kappa shape index (κ1) is 14.5. The van der Waals surface area contributed by atoms with Crippen LogP contribution in [0, 0.1) is 0 Å². The normalized spacial score (nSPS) is 12.0. The summed E-state index contributed by atoms with van der Waals surface area (Å²) in [5.41, 5.74) is 1.60. The van der Waals surface area contributed by atoms with E-state index in [1.165, 1.54) is 11.3 Å². The first-order valence-electron chi connectivity index (χ1n) is 6.21. The van der Waals surface area contributed by atoms with Gasteiger partial charge in [-0.05, 0) is 23.6 Å². The fraction of sp³-hybridized carbons (Fsp3) is 0.154. The summed E-state index contributed by atoms with van der Waals surface area (Å²) in [5, 5.41) is 2.37. The number of rotatable bonds is 5. The summed E-state index contributed by atoms with van der Waals surface area (Å²) < 4.78 is 28.6. The molecule has 1 N–H and O–H groups in total. The average Bonchev–Trinajstić information content (AvgIpc) is 3.06. The van der Waals surface area contributed by atoms with Crippen molar-refractivity contribution >= 4 is 38.6 Å². The number of fused-ring (bicyclic) bond motifs is 1. The number of thiophene rings is 1. The molecular formula is C13H12ClN3O2S2. The molecule has 0 aliphatic rings. The van der Waals surface area contributed by atoms with Crippen LogP contribution in [0.2, 0.25) is 5.02 Å². The van der Waals surface area contributed by atoms with E-state index in [4.69, 9.17) is 11.6 Å². The summed E-state index contributed by atoms with van der Waals surface area (Å²) in [6.07, 6.45) is 4.13. The van der Waals surface area contributed by atoms with Crippen LogP contribution in [-0.4, -0.2) is 24.3 Å². The number of imidazole rings is 1. The number of nitrogens with one attached hydrogen (secondary N) is 1. The Kier molecular flexibility index (Phi) is 3.99. The van der Waals surface area contributed by atoms with Gasteiger partial charge in [0.1, 0.15) is 9.86 Å². The van der Waals surface area contributed by atoms with Gasteiger partial charge in [0, 0.05) is 25.4 Å². The minimum Gasteiger partial charge on any atom is -0.305 e. The third kappa shape index (κ3) is 3.26. The third-order valence-electron chi connectivity index (χ3n) is 2.90. The zero-order valence-electron chi connectivity index (χ0n) is 10.9. The molecule has 0 saturated heterocycles. The molecule has 3 heterocycles. The van der Waals surface area contributed by atoms with Crippen molar-refractivity contribution in [3.8, 4) is 0 Å². The number of sulfonamides is 1. The fourth-order valence-corrected chi connectivity index (χ4v) is 4.18. The number of nitrogens with zero attached hydrogens (tertiary/aromatic N) is 2. The number of hydrogen-bond donors (Lipinski definition) is 1. The zero-order valence-corrected chi connectivity index (χ0v) is 13.2. The van der Waals surface area contributed by atoms with Crippen LogP contribution >= 0.6 is 22.9 Å². The molecule has 0 amide bonds. The van der Waals surface area contributed by atoms with Gasteiger partial charge in [0.25, 0.3) is 0 Å². The molecule has 0 aromatic carbocycles. The molecule has 0 fully saturated rings. The van der Waals surface area contributed by atoms with Crippen molar-refractivity contribution in [3.63, 3.8) is 0 Å². The van der Waals surface area contributed by atoms with Crippen molar-refractivity contribution < 1.29 is 8.42 Å². The lowest BCUT2D eigenvalue weighted by molar-refractivity contribution is 0.583. The molecule has 8 heteroatoms. The molecule has 5 nitrogen and oxygen atoms in total. The predicted octanol–water partition coefficient (Wildman–Crippen LogP) is 2.57. The molecule has 110 valence electrons. The summed E-state index contributed by atoms with van der Waals surface area (Å²) in [6, 6.07) is 6.89. The number of halogens is 1. The monoisotopic (exact) mass is 341 g/mol. The molecule has 0 atom stereocenters. The second-order valence-corrected chi connectivity index (χ2v) is 7.80. The zero-order chi connectivity index (χ0) is 14.9. The van der Waals surface area contributed by atoms with Crippen molar-refractivity contribution in [2.45, 2.75) is 10.6 Å². The van der Waals surface area contributed by atoms with Crippen molar-refractivity contribution in [1.29, 1.82) is 0 Å². The highest BCUT2D eigenvalue weighted by molar-refractivity contribution is 7.91. The number of pyridine rings is 1. The maximum Gasteiger partial charge on any atom is 0.250 e. The van der Waals surface area contributed by atoms with Crippen LogP contribution in [0.5, 0.6) is 0 Å². The molecule has 0 spiro atoms. The van der Waals surface area contributed by atoms with Crippen molar-refractivity contribution in [3.05, 3.63) is 52.8 Å². The summed E-state index contributed by atoms with van der Waals surface area (Å²) in [5.74, 6) is 0. The molecule has 0 saturated carbocycles. The second kappa shape index (κ2) is 5.76. The molecule has 3 aromatic rings. The Morgan fingerprint density at radius 2 is 2.14 bits per heavy atom. The Hall–Kier alpha value is -1.41. The maximum absolute atomic E-state index is 12.0. The van der Waals surface area contributed by atoms with Crippen LogP contribution < -0.4 is 4.72 Å². The lowest BCUT2D eigenvalue weighted by atomic mass is 10.3. The smallest absolute Gasteiger partial charge is 0.250 e. The Morgan fingerprint density at radius 3 is 2.90 bits per heavy atom. The first-order chi connectivity index (χ1) is 10.0. The highest BCUT2D eigenvalue weighted by Gasteiger charge is 2.14. The Bertz CT molecular complexity index is 857. The van der Waals surface area contributed by atoms with E-state index in [0.717, 1.165) is 11.3 Å². The molecule has 0 aliphatic carbocycles. The lowest BCUT2D eigenvalue weighted by Crippen LogP contribution is -2.25. The van der Waals surface area contributed by atoms with Gasteiger partial charge < -0.3 is 4.40 Å². The number of aromatic nitrogens is 2. The summed E-state index contributed by atoms with van der Waals surface area (Å²) >= 11 is 7.11. The highest BCUT2D eigenvalue weighted by Crippen LogP contribution is 2.15. The summed E-state index contributed by atoms with van der Waals surface area (Å²) in [6.45, 7) is 0.303. The summed E-state index contributed by atoms with van der Waals surface area (Å²) in [7, 11) is -3.41. The third-order valence-corrected chi connectivity index (χ3v) is 5.98. The largest absolute Gasteiger partial charge is 0.305 e. The molecule has 0 aliphatic heterocycles. The van der Waals surface area contributed by atoms with E-state index in [0.29, 0.717) is 22.2 Å². The standard InChI is InChI=1S/C13H12ClN3O2S2/c14-10-3-4-12-16-11(9-17(12)8-10)5-6-15-21(18,19)13-2-1-7-20-13/h1-4,7-9,15H,5-6H2. The van der Waals surface area contributed by atoms with Gasteiger partial charge in [-0.2, -0.15) is 0 Å². The van der Waals surface area contributed by atoms with Gasteiger partial charge in [-0.25, -0.2) is 18.1 Å². The topological polar surface area (TPSA) is 63.5 Å². The van der Waals surface area contributed by atoms with Crippen LogP contribution in [0.4, 0.5) is 0 Å². The van der Waals surface area contributed by atoms with Gasteiger partial charge in [-0.1, -0.05) is 17.7 Å². The lowest BCUT2D eigenvalue weighted by Gasteiger charge is -2.02. The molecule has 0 bridgehead atoms. The quantitative estimate of drug-likeness (QED) is 0.775. The minimum atomic E-state index is -3.41. The molecule has 3 rings (SSSR count). The number of hydrogen-bond acceptors (Lipinski definition) is 4. The first-order valence-corrected chi connectivity index (χ1v) is 8.95. The van der Waals surface area contributed by atoms with Crippen LogP contribution in [0.1, 0.15) is 5.69 Å². The molecule has 3 aromatic heterocycles. The Labute approximate surface area is 131 Å². The molecule has 21 heavy (non-hydrogen) atoms. The van der Waals surface area contributed by atoms with Crippen molar-refractivity contribution in [2.24, 2.45) is 0 Å². The van der Waals surface area contributed by atoms with Gasteiger partial charge in [-0.15, -0.1) is 11.3 Å². The molecule has 0 radical (unpaired) electrons. The van der Waals surface area contributed by atoms with Crippen molar-refractivity contribution in [1.82, 2.24) is 14.1 Å². The predicted molar refractivity (Wildman–Crippen MR) is 83.4 cm³/mol. The van der Waals surface area contributed by atoms with E-state index in [1.807, 2.05) is 16.7 Å². The van der Waals surface area contributed by atoms with E-state index in [9.17, 15) is 8.42 Å². The van der Waals surface area contributed by atoms with Gasteiger partial charge in [-0.3, -0.25) is 0 Å².